The third kappa shape index (κ3) is 4.59. The first kappa shape index (κ1) is 18.0. The number of hydrogen-bond donors (Lipinski definition) is 1. The highest BCUT2D eigenvalue weighted by molar-refractivity contribution is 6.42. The van der Waals surface area contributed by atoms with Crippen LogP contribution in [0.25, 0.3) is 0 Å². The van der Waals surface area contributed by atoms with E-state index in [-0.39, 0.29) is 11.7 Å². The van der Waals surface area contributed by atoms with Gasteiger partial charge in [-0.05, 0) is 30.7 Å². The molecule has 0 radical (unpaired) electrons. The van der Waals surface area contributed by atoms with Gasteiger partial charge < -0.3 is 15.3 Å². The van der Waals surface area contributed by atoms with Gasteiger partial charge in [-0.2, -0.15) is 4.73 Å². The second-order valence-corrected chi connectivity index (χ2v) is 5.76. The number of ether oxygens (including phenoxy) is 1. The molecule has 2 rings (SSSR count). The maximum absolute atomic E-state index is 11.9. The maximum atomic E-state index is 11.9. The monoisotopic (exact) mass is 368 g/mol. The van der Waals surface area contributed by atoms with Crippen molar-refractivity contribution in [1.29, 1.82) is 0 Å². The molecule has 0 aliphatic rings. The second-order valence-electron chi connectivity index (χ2n) is 4.95. The quantitative estimate of drug-likeness (QED) is 0.499. The first-order valence-corrected chi connectivity index (χ1v) is 7.73. The zero-order valence-corrected chi connectivity index (χ0v) is 14.2. The summed E-state index contributed by atoms with van der Waals surface area (Å²) in [6, 6.07) is 8.97. The molecule has 0 fully saturated rings. The second kappa shape index (κ2) is 7.99. The molecule has 1 heterocycles. The van der Waals surface area contributed by atoms with Gasteiger partial charge in [0.1, 0.15) is 0 Å². The highest BCUT2D eigenvalue weighted by Gasteiger charge is 2.19. The van der Waals surface area contributed by atoms with Crippen LogP contribution < -0.4 is 10.0 Å². The van der Waals surface area contributed by atoms with Crippen molar-refractivity contribution >= 4 is 35.1 Å². The van der Waals surface area contributed by atoms with Crippen molar-refractivity contribution in [2.45, 2.75) is 13.0 Å². The predicted molar refractivity (Wildman–Crippen MR) is 88.7 cm³/mol. The van der Waals surface area contributed by atoms with Crippen molar-refractivity contribution in [3.63, 3.8) is 0 Å². The van der Waals surface area contributed by atoms with Crippen LogP contribution in [0.15, 0.2) is 42.6 Å². The van der Waals surface area contributed by atoms with Crippen LogP contribution in [0.4, 0.5) is 0 Å². The lowest BCUT2D eigenvalue weighted by Gasteiger charge is -2.15. The van der Waals surface area contributed by atoms with E-state index in [2.05, 4.69) is 5.32 Å². The average Bonchev–Trinajstić information content (AvgIpc) is 2.55. The Morgan fingerprint density at radius 2 is 2.00 bits per heavy atom. The summed E-state index contributed by atoms with van der Waals surface area (Å²) in [5.74, 6) is -1.38. The molecule has 0 aliphatic carbocycles. The van der Waals surface area contributed by atoms with E-state index in [9.17, 15) is 14.8 Å². The summed E-state index contributed by atoms with van der Waals surface area (Å²) in [7, 11) is 0. The summed E-state index contributed by atoms with van der Waals surface area (Å²) in [6.07, 6.45) is 1.17. The number of hydrogen-bond acceptors (Lipinski definition) is 4. The van der Waals surface area contributed by atoms with Gasteiger partial charge in [-0.15, -0.1) is 0 Å². The number of amides is 1. The van der Waals surface area contributed by atoms with Crippen LogP contribution in [0.3, 0.4) is 0 Å². The Kier molecular flexibility index (Phi) is 6.00. The molecule has 0 unspecified atom stereocenters. The van der Waals surface area contributed by atoms with Crippen molar-refractivity contribution in [2.24, 2.45) is 0 Å². The topological polar surface area (TPSA) is 82.3 Å². The SMILES string of the molecule is C[C@@H](NC(=O)COC(=O)c1cccc[n+]1[O-])c1ccc(Cl)c(Cl)c1. The molecule has 0 spiro atoms. The van der Waals surface area contributed by atoms with E-state index in [1.54, 1.807) is 25.1 Å². The number of rotatable bonds is 5. The van der Waals surface area contributed by atoms with Gasteiger partial charge in [0.05, 0.1) is 16.1 Å². The minimum absolute atomic E-state index is 0.192. The first-order valence-electron chi connectivity index (χ1n) is 6.98. The number of nitrogens with zero attached hydrogens (tertiary/aromatic N) is 1. The normalized spacial score (nSPS) is 11.6. The molecule has 2 aromatic rings. The number of pyridine rings is 1. The maximum Gasteiger partial charge on any atom is 0.405 e. The summed E-state index contributed by atoms with van der Waals surface area (Å²) < 4.78 is 5.20. The summed E-state index contributed by atoms with van der Waals surface area (Å²) in [5, 5.41) is 14.9. The molecule has 6 nitrogen and oxygen atoms in total. The summed E-state index contributed by atoms with van der Waals surface area (Å²) >= 11 is 11.8. The van der Waals surface area contributed by atoms with Gasteiger partial charge >= 0.3 is 11.7 Å². The lowest BCUT2D eigenvalue weighted by atomic mass is 10.1. The highest BCUT2D eigenvalue weighted by Crippen LogP contribution is 2.25. The molecule has 0 bridgehead atoms. The predicted octanol–water partition coefficient (Wildman–Crippen LogP) is 2.66. The Labute approximate surface area is 148 Å². The van der Waals surface area contributed by atoms with E-state index in [1.807, 2.05) is 0 Å². The van der Waals surface area contributed by atoms with E-state index in [0.29, 0.717) is 14.8 Å². The van der Waals surface area contributed by atoms with Gasteiger partial charge in [0.25, 0.3) is 5.91 Å². The molecule has 1 N–H and O–H groups in total. The van der Waals surface area contributed by atoms with Crippen molar-refractivity contribution in [3.8, 4) is 0 Å². The number of halogens is 2. The molecule has 1 atom stereocenters. The Bertz CT molecular complexity index is 767. The van der Waals surface area contributed by atoms with Crippen LogP contribution in [0, 0.1) is 5.21 Å². The third-order valence-electron chi connectivity index (χ3n) is 3.19. The molecule has 126 valence electrons. The van der Waals surface area contributed by atoms with E-state index < -0.39 is 18.5 Å². The van der Waals surface area contributed by atoms with Gasteiger partial charge in [0.2, 0.25) is 0 Å². The van der Waals surface area contributed by atoms with Gasteiger partial charge in [-0.1, -0.05) is 29.3 Å². The molecule has 1 aromatic carbocycles. The summed E-state index contributed by atoms with van der Waals surface area (Å²) in [4.78, 5) is 23.6. The smallest absolute Gasteiger partial charge is 0.405 e. The Hall–Kier alpha value is -2.31. The standard InChI is InChI=1S/C16H14Cl2N2O4/c1-10(11-5-6-12(17)13(18)8-11)19-15(21)9-24-16(22)14-4-2-3-7-20(14)23/h2-8,10H,9H2,1H3,(H,19,21)/t10-/m1/s1. The minimum Gasteiger partial charge on any atom is -0.618 e. The third-order valence-corrected chi connectivity index (χ3v) is 3.93. The number of carbonyl (C=O) groups excluding carboxylic acids is 2. The first-order chi connectivity index (χ1) is 11.4. The van der Waals surface area contributed by atoms with Crippen molar-refractivity contribution in [3.05, 3.63) is 69.1 Å². The van der Waals surface area contributed by atoms with Gasteiger partial charge in [0, 0.05) is 12.1 Å². The van der Waals surface area contributed by atoms with Crippen molar-refractivity contribution < 1.29 is 19.1 Å². The average molecular weight is 369 g/mol. The molecular formula is C16H14Cl2N2O4. The highest BCUT2D eigenvalue weighted by atomic mass is 35.5. The lowest BCUT2D eigenvalue weighted by Crippen LogP contribution is -2.36. The zero-order chi connectivity index (χ0) is 17.7. The molecule has 0 saturated carbocycles. The van der Waals surface area contributed by atoms with E-state index >= 15 is 0 Å². The number of aromatic nitrogens is 1. The fourth-order valence-electron chi connectivity index (χ4n) is 1.94. The largest absolute Gasteiger partial charge is 0.618 e. The summed E-state index contributed by atoms with van der Waals surface area (Å²) in [6.45, 7) is 1.25. The minimum atomic E-state index is -0.872. The molecule has 0 aliphatic heterocycles. The fourth-order valence-corrected chi connectivity index (χ4v) is 2.25. The zero-order valence-electron chi connectivity index (χ0n) is 12.7. The van der Waals surface area contributed by atoms with E-state index in [0.717, 1.165) is 5.56 Å². The number of esters is 1. The van der Waals surface area contributed by atoms with Crippen LogP contribution in [-0.4, -0.2) is 18.5 Å². The van der Waals surface area contributed by atoms with Crippen molar-refractivity contribution in [2.75, 3.05) is 6.61 Å². The number of nitrogens with one attached hydrogen (secondary N) is 1. The molecular weight excluding hydrogens is 355 g/mol. The van der Waals surface area contributed by atoms with Crippen LogP contribution in [0.5, 0.6) is 0 Å². The number of carbonyl (C=O) groups is 2. The lowest BCUT2D eigenvalue weighted by molar-refractivity contribution is -0.608. The van der Waals surface area contributed by atoms with Crippen molar-refractivity contribution in [1.82, 2.24) is 5.32 Å². The molecule has 1 aromatic heterocycles. The van der Waals surface area contributed by atoms with Crippen LogP contribution in [0.1, 0.15) is 29.0 Å². The van der Waals surface area contributed by atoms with E-state index in [1.165, 1.54) is 24.4 Å². The Morgan fingerprint density at radius 3 is 2.67 bits per heavy atom. The molecule has 0 saturated heterocycles. The van der Waals surface area contributed by atoms with Crippen LogP contribution >= 0.6 is 23.2 Å². The van der Waals surface area contributed by atoms with Crippen LogP contribution in [-0.2, 0) is 9.53 Å². The van der Waals surface area contributed by atoms with Gasteiger partial charge in [0.15, 0.2) is 12.8 Å². The Balaban J connectivity index is 1.90. The summed E-state index contributed by atoms with van der Waals surface area (Å²) in [5.41, 5.74) is 0.562. The van der Waals surface area contributed by atoms with E-state index in [4.69, 9.17) is 27.9 Å². The molecule has 1 amide bonds. The number of benzene rings is 1. The Morgan fingerprint density at radius 1 is 1.25 bits per heavy atom. The fraction of sp³-hybridized carbons (Fsp3) is 0.188. The van der Waals surface area contributed by atoms with Crippen LogP contribution in [0.2, 0.25) is 10.0 Å². The van der Waals surface area contributed by atoms with Gasteiger partial charge in [-0.25, -0.2) is 4.79 Å². The molecule has 24 heavy (non-hydrogen) atoms. The molecule has 8 heteroatoms. The van der Waals surface area contributed by atoms with Gasteiger partial charge in [-0.3, -0.25) is 4.79 Å².